The van der Waals surface area contributed by atoms with Crippen molar-refractivity contribution in [3.63, 3.8) is 0 Å². The van der Waals surface area contributed by atoms with Crippen LogP contribution < -0.4 is 0 Å². The second kappa shape index (κ2) is 5.04. The minimum absolute atomic E-state index is 0.0116. The Kier molecular flexibility index (Phi) is 3.75. The molecule has 120 valence electrons. The van der Waals surface area contributed by atoms with Gasteiger partial charge in [0.15, 0.2) is 0 Å². The molecule has 0 atom stereocenters. The summed E-state index contributed by atoms with van der Waals surface area (Å²) >= 11 is 0. The third kappa shape index (κ3) is 2.58. The Morgan fingerprint density at radius 3 is 2.27 bits per heavy atom. The van der Waals surface area contributed by atoms with Crippen molar-refractivity contribution >= 4 is 16.9 Å². The largest absolute Gasteiger partial charge is 0.481 e. The first-order valence-corrected chi connectivity index (χ1v) is 6.92. The van der Waals surface area contributed by atoms with Gasteiger partial charge < -0.3 is 9.67 Å². The Bertz CT molecular complexity index is 727. The third-order valence-electron chi connectivity index (χ3n) is 3.92. The average Bonchev–Trinajstić information content (AvgIpc) is 2.76. The van der Waals surface area contributed by atoms with Gasteiger partial charge in [-0.3, -0.25) is 4.79 Å². The minimum Gasteiger partial charge on any atom is -0.481 e. The number of alkyl halides is 3. The Morgan fingerprint density at radius 2 is 1.82 bits per heavy atom. The van der Waals surface area contributed by atoms with Crippen LogP contribution in [0.1, 0.15) is 44.9 Å². The molecule has 1 heterocycles. The molecule has 0 radical (unpaired) electrons. The second-order valence-corrected chi connectivity index (χ2v) is 6.20. The van der Waals surface area contributed by atoms with Crippen molar-refractivity contribution in [2.45, 2.75) is 45.3 Å². The van der Waals surface area contributed by atoms with Crippen LogP contribution in [0.3, 0.4) is 0 Å². The summed E-state index contributed by atoms with van der Waals surface area (Å²) in [5.74, 6) is -1.08. The van der Waals surface area contributed by atoms with Crippen LogP contribution in [0, 0.1) is 0 Å². The van der Waals surface area contributed by atoms with Crippen molar-refractivity contribution in [2.75, 3.05) is 0 Å². The smallest absolute Gasteiger partial charge is 0.416 e. The van der Waals surface area contributed by atoms with Crippen LogP contribution in [0.25, 0.3) is 10.9 Å². The van der Waals surface area contributed by atoms with E-state index in [2.05, 4.69) is 0 Å². The van der Waals surface area contributed by atoms with Crippen LogP contribution in [0.15, 0.2) is 24.4 Å². The van der Waals surface area contributed by atoms with E-state index in [9.17, 15) is 23.1 Å². The van der Waals surface area contributed by atoms with E-state index >= 15 is 0 Å². The molecule has 0 fully saturated rings. The summed E-state index contributed by atoms with van der Waals surface area (Å²) in [7, 11) is 0. The average molecular weight is 313 g/mol. The maximum atomic E-state index is 12.9. The Labute approximate surface area is 126 Å². The highest BCUT2D eigenvalue weighted by Gasteiger charge is 2.35. The van der Waals surface area contributed by atoms with Gasteiger partial charge in [0.25, 0.3) is 0 Å². The summed E-state index contributed by atoms with van der Waals surface area (Å²) in [6.07, 6.45) is -2.82. The number of hydrogen-bond acceptors (Lipinski definition) is 1. The number of aromatic nitrogens is 1. The molecule has 0 aliphatic rings. The first-order valence-electron chi connectivity index (χ1n) is 6.92. The van der Waals surface area contributed by atoms with E-state index in [1.807, 2.05) is 13.8 Å². The summed E-state index contributed by atoms with van der Waals surface area (Å²) in [4.78, 5) is 11.5. The van der Waals surface area contributed by atoms with Crippen molar-refractivity contribution in [1.82, 2.24) is 4.57 Å². The fraction of sp³-hybridized carbons (Fsp3) is 0.438. The molecule has 1 N–H and O–H groups in total. The Balaban J connectivity index is 2.83. The molecule has 6 heteroatoms. The van der Waals surface area contributed by atoms with Gasteiger partial charge in [-0.2, -0.15) is 13.2 Å². The number of rotatable bonds is 3. The maximum absolute atomic E-state index is 12.9. The van der Waals surface area contributed by atoms with Gasteiger partial charge in [-0.05, 0) is 51.5 Å². The van der Waals surface area contributed by atoms with Crippen molar-refractivity contribution in [1.29, 1.82) is 0 Å². The topological polar surface area (TPSA) is 42.2 Å². The SMILES string of the molecule is CC(C)n1cc(C(C)(C)C(=O)O)c2cc(C(F)(F)F)ccc21. The molecule has 0 saturated heterocycles. The van der Waals surface area contributed by atoms with Gasteiger partial charge in [0.05, 0.1) is 11.0 Å². The number of halogens is 3. The van der Waals surface area contributed by atoms with Crippen LogP contribution in [0.2, 0.25) is 0 Å². The highest BCUT2D eigenvalue weighted by atomic mass is 19.4. The number of aliphatic carboxylic acids is 1. The van der Waals surface area contributed by atoms with E-state index in [4.69, 9.17) is 0 Å². The monoisotopic (exact) mass is 313 g/mol. The first-order chi connectivity index (χ1) is 9.96. The normalized spacial score (nSPS) is 13.1. The van der Waals surface area contributed by atoms with Gasteiger partial charge in [-0.15, -0.1) is 0 Å². The molecule has 0 amide bonds. The highest BCUT2D eigenvalue weighted by molar-refractivity contribution is 5.92. The molecule has 2 aromatic rings. The van der Waals surface area contributed by atoms with Gasteiger partial charge in [0.2, 0.25) is 0 Å². The zero-order valence-corrected chi connectivity index (χ0v) is 12.8. The van der Waals surface area contributed by atoms with Gasteiger partial charge in [-0.1, -0.05) is 0 Å². The zero-order valence-electron chi connectivity index (χ0n) is 12.8. The van der Waals surface area contributed by atoms with Crippen LogP contribution in [-0.2, 0) is 16.4 Å². The lowest BCUT2D eigenvalue weighted by Gasteiger charge is -2.18. The quantitative estimate of drug-likeness (QED) is 0.899. The molecule has 1 aromatic carbocycles. The highest BCUT2D eigenvalue weighted by Crippen LogP contribution is 2.38. The lowest BCUT2D eigenvalue weighted by Crippen LogP contribution is -2.28. The summed E-state index contributed by atoms with van der Waals surface area (Å²) in [5.41, 5.74) is -1.06. The minimum atomic E-state index is -4.46. The second-order valence-electron chi connectivity index (χ2n) is 6.20. The van der Waals surface area contributed by atoms with Crippen LogP contribution in [-0.4, -0.2) is 15.6 Å². The maximum Gasteiger partial charge on any atom is 0.416 e. The molecule has 0 unspecified atom stereocenters. The summed E-state index contributed by atoms with van der Waals surface area (Å²) in [5, 5.41) is 9.73. The van der Waals surface area contributed by atoms with Gasteiger partial charge in [0.1, 0.15) is 0 Å². The lowest BCUT2D eigenvalue weighted by atomic mass is 9.84. The van der Waals surface area contributed by atoms with E-state index in [-0.39, 0.29) is 6.04 Å². The van der Waals surface area contributed by atoms with Crippen LogP contribution in [0.4, 0.5) is 13.2 Å². The van der Waals surface area contributed by atoms with Gasteiger partial charge >= 0.3 is 12.1 Å². The van der Waals surface area contributed by atoms with Crippen LogP contribution in [0.5, 0.6) is 0 Å². The Hall–Kier alpha value is -1.98. The summed E-state index contributed by atoms with van der Waals surface area (Å²) < 4.78 is 40.6. The van der Waals surface area contributed by atoms with Gasteiger partial charge in [-0.25, -0.2) is 0 Å². The molecule has 1 aromatic heterocycles. The predicted octanol–water partition coefficient (Wildman–Crippen LogP) is 4.60. The van der Waals surface area contributed by atoms with Crippen LogP contribution >= 0.6 is 0 Å². The fourth-order valence-electron chi connectivity index (χ4n) is 2.47. The van der Waals surface area contributed by atoms with E-state index in [1.165, 1.54) is 19.9 Å². The molecule has 0 aliphatic carbocycles. The van der Waals surface area contributed by atoms with E-state index in [0.29, 0.717) is 16.5 Å². The molecule has 0 saturated carbocycles. The summed E-state index contributed by atoms with van der Waals surface area (Å²) in [6.45, 7) is 6.79. The summed E-state index contributed by atoms with van der Waals surface area (Å²) in [6, 6.07) is 3.48. The first kappa shape index (κ1) is 16.4. The van der Waals surface area contributed by atoms with Crippen molar-refractivity contribution in [3.8, 4) is 0 Å². The fourth-order valence-corrected chi connectivity index (χ4v) is 2.47. The molecule has 0 spiro atoms. The van der Waals surface area contributed by atoms with Crippen molar-refractivity contribution in [2.24, 2.45) is 0 Å². The number of hydrogen-bond donors (Lipinski definition) is 1. The lowest BCUT2D eigenvalue weighted by molar-refractivity contribution is -0.142. The number of carbonyl (C=O) groups is 1. The van der Waals surface area contributed by atoms with E-state index in [0.717, 1.165) is 12.1 Å². The molecule has 3 nitrogen and oxygen atoms in total. The standard InChI is InChI=1S/C16H18F3NO2/c1-9(2)20-8-12(15(3,4)14(21)22)11-7-10(16(17,18)19)5-6-13(11)20/h5-9H,1-4H3,(H,21,22). The van der Waals surface area contributed by atoms with Gasteiger partial charge in [0, 0.05) is 23.1 Å². The molecular weight excluding hydrogens is 295 g/mol. The number of carboxylic acid groups (broad SMARTS) is 1. The number of fused-ring (bicyclic) bond motifs is 1. The predicted molar refractivity (Wildman–Crippen MR) is 78.0 cm³/mol. The Morgan fingerprint density at radius 1 is 1.23 bits per heavy atom. The van der Waals surface area contributed by atoms with E-state index < -0.39 is 23.1 Å². The number of carboxylic acids is 1. The molecule has 2 rings (SSSR count). The van der Waals surface area contributed by atoms with Crippen molar-refractivity contribution in [3.05, 3.63) is 35.5 Å². The molecule has 22 heavy (non-hydrogen) atoms. The third-order valence-corrected chi connectivity index (χ3v) is 3.92. The number of benzene rings is 1. The van der Waals surface area contributed by atoms with Crippen molar-refractivity contribution < 1.29 is 23.1 Å². The molecule has 0 bridgehead atoms. The molecular formula is C16H18F3NO2. The zero-order chi connectivity index (χ0) is 16.9. The number of nitrogens with zero attached hydrogens (tertiary/aromatic N) is 1. The molecule has 0 aliphatic heterocycles. The van der Waals surface area contributed by atoms with E-state index in [1.54, 1.807) is 10.8 Å².